The van der Waals surface area contributed by atoms with Gasteiger partial charge in [0.1, 0.15) is 11.2 Å². The molecule has 0 bridgehead atoms. The third-order valence-electron chi connectivity index (χ3n) is 8.88. The Balaban J connectivity index is 1.40. The molecule has 0 amide bonds. The molecule has 0 fully saturated rings. The van der Waals surface area contributed by atoms with E-state index < -0.39 is 0 Å². The van der Waals surface area contributed by atoms with Gasteiger partial charge in [-0.05, 0) is 64.7 Å². The summed E-state index contributed by atoms with van der Waals surface area (Å²) in [4.78, 5) is 0. The van der Waals surface area contributed by atoms with E-state index in [0.29, 0.717) is 0 Å². The highest BCUT2D eigenvalue weighted by molar-refractivity contribution is 6.98. The van der Waals surface area contributed by atoms with E-state index in [2.05, 4.69) is 141 Å². The normalized spacial score (nSPS) is 11.6. The van der Waals surface area contributed by atoms with E-state index >= 15 is 0 Å². The van der Waals surface area contributed by atoms with Gasteiger partial charge in [0.15, 0.2) is 0 Å². The smallest absolute Gasteiger partial charge is 0.243 e. The van der Waals surface area contributed by atoms with Gasteiger partial charge in [-0.25, -0.2) is 0 Å². The highest BCUT2D eigenvalue weighted by Crippen LogP contribution is 2.32. The zero-order chi connectivity index (χ0) is 28.2. The molecule has 0 atom stereocenters. The molecule has 2 heteroatoms. The van der Waals surface area contributed by atoms with Crippen molar-refractivity contribution in [3.8, 4) is 11.1 Å². The topological polar surface area (TPSA) is 13.1 Å². The minimum absolute atomic E-state index is 0.0700. The van der Waals surface area contributed by atoms with E-state index in [9.17, 15) is 0 Å². The summed E-state index contributed by atoms with van der Waals surface area (Å²) < 4.78 is 6.13. The van der Waals surface area contributed by atoms with Crippen LogP contribution in [0.15, 0.2) is 144 Å². The summed E-state index contributed by atoms with van der Waals surface area (Å²) in [6.07, 6.45) is 0. The number of hydrogen-bond acceptors (Lipinski definition) is 1. The molecule has 8 aromatic rings. The highest BCUT2D eigenvalue weighted by Gasteiger charge is 2.28. The summed E-state index contributed by atoms with van der Waals surface area (Å²) in [6, 6.07) is 50.7. The number of para-hydroxylation sites is 1. The third kappa shape index (κ3) is 3.95. The van der Waals surface area contributed by atoms with E-state index in [4.69, 9.17) is 4.42 Å². The molecule has 0 aliphatic heterocycles. The number of aryl methyl sites for hydroxylation is 2. The van der Waals surface area contributed by atoms with Crippen LogP contribution in [0.2, 0.25) is 0 Å². The maximum absolute atomic E-state index is 6.13. The Hall–Kier alpha value is -5.08. The van der Waals surface area contributed by atoms with E-state index in [1.165, 1.54) is 60.2 Å². The zero-order valence-electron chi connectivity index (χ0n) is 23.8. The van der Waals surface area contributed by atoms with Crippen molar-refractivity contribution in [1.29, 1.82) is 0 Å². The van der Waals surface area contributed by atoms with Gasteiger partial charge in [-0.1, -0.05) is 149 Å². The lowest BCUT2D eigenvalue weighted by Crippen LogP contribution is -2.54. The van der Waals surface area contributed by atoms with E-state index in [1.54, 1.807) is 0 Å². The van der Waals surface area contributed by atoms with Gasteiger partial charge in [-0.15, -0.1) is 0 Å². The van der Waals surface area contributed by atoms with Crippen molar-refractivity contribution in [3.05, 3.63) is 151 Å². The van der Waals surface area contributed by atoms with Gasteiger partial charge in [-0.3, -0.25) is 0 Å². The van der Waals surface area contributed by atoms with Crippen LogP contribution in [0.3, 0.4) is 0 Å². The van der Waals surface area contributed by atoms with Crippen molar-refractivity contribution in [2.45, 2.75) is 13.8 Å². The van der Waals surface area contributed by atoms with Crippen LogP contribution in [0.1, 0.15) is 11.1 Å². The van der Waals surface area contributed by atoms with Crippen molar-refractivity contribution in [1.82, 2.24) is 0 Å². The van der Waals surface area contributed by atoms with Crippen LogP contribution in [0, 0.1) is 13.8 Å². The molecule has 0 N–H and O–H groups in total. The van der Waals surface area contributed by atoms with Crippen molar-refractivity contribution < 1.29 is 4.42 Å². The SMILES string of the molecule is Cc1ccc2ccccc2c1B(c1cccc(-c2ccc3oc4ccccc4c3c2)c1)c1c(C)ccc2ccccc12. The lowest BCUT2D eigenvalue weighted by Gasteiger charge is -2.24. The van der Waals surface area contributed by atoms with Crippen molar-refractivity contribution in [2.24, 2.45) is 0 Å². The summed E-state index contributed by atoms with van der Waals surface area (Å²) in [6.45, 7) is 4.59. The second-order valence-corrected chi connectivity index (χ2v) is 11.4. The van der Waals surface area contributed by atoms with Gasteiger partial charge in [0, 0.05) is 10.8 Å². The fourth-order valence-electron chi connectivity index (χ4n) is 6.86. The molecule has 0 aliphatic rings. The third-order valence-corrected chi connectivity index (χ3v) is 8.88. The average molecular weight is 536 g/mol. The van der Waals surface area contributed by atoms with Crippen molar-refractivity contribution in [3.63, 3.8) is 0 Å². The van der Waals surface area contributed by atoms with E-state index in [1.807, 2.05) is 12.1 Å². The minimum Gasteiger partial charge on any atom is -0.456 e. The number of benzene rings is 7. The van der Waals surface area contributed by atoms with Crippen molar-refractivity contribution in [2.75, 3.05) is 0 Å². The number of fused-ring (bicyclic) bond motifs is 5. The first kappa shape index (κ1) is 24.7. The molecule has 42 heavy (non-hydrogen) atoms. The van der Waals surface area contributed by atoms with E-state index in [0.717, 1.165) is 21.9 Å². The lowest BCUT2D eigenvalue weighted by molar-refractivity contribution is 0.669. The summed E-state index contributed by atoms with van der Waals surface area (Å²) in [5, 5.41) is 7.47. The van der Waals surface area contributed by atoms with Crippen molar-refractivity contribution >= 4 is 66.6 Å². The molecule has 0 spiro atoms. The average Bonchev–Trinajstić information content (AvgIpc) is 3.41. The molecule has 8 rings (SSSR count). The molecule has 1 aromatic heterocycles. The van der Waals surface area contributed by atoms with Crippen LogP contribution >= 0.6 is 0 Å². The first-order valence-corrected chi connectivity index (χ1v) is 14.6. The molecule has 0 radical (unpaired) electrons. The maximum atomic E-state index is 6.13. The van der Waals surface area contributed by atoms with Gasteiger partial charge in [-0.2, -0.15) is 0 Å². The Labute approximate surface area is 246 Å². The Kier molecular flexibility index (Phi) is 5.75. The summed E-state index contributed by atoms with van der Waals surface area (Å²) >= 11 is 0. The maximum Gasteiger partial charge on any atom is 0.243 e. The predicted octanol–water partition coefficient (Wildman–Crippen LogP) is 8.69. The van der Waals surface area contributed by atoms with Crippen LogP contribution in [-0.4, -0.2) is 6.71 Å². The Morgan fingerprint density at radius 2 is 1.00 bits per heavy atom. The number of furan rings is 1. The largest absolute Gasteiger partial charge is 0.456 e. The molecular weight excluding hydrogens is 507 g/mol. The quantitative estimate of drug-likeness (QED) is 0.205. The highest BCUT2D eigenvalue weighted by atomic mass is 16.3. The van der Waals surface area contributed by atoms with Crippen LogP contribution in [-0.2, 0) is 0 Å². The van der Waals surface area contributed by atoms with Crippen LogP contribution < -0.4 is 16.4 Å². The van der Waals surface area contributed by atoms with Crippen LogP contribution in [0.5, 0.6) is 0 Å². The lowest BCUT2D eigenvalue weighted by atomic mass is 9.34. The first-order chi connectivity index (χ1) is 20.7. The molecule has 1 nitrogen and oxygen atoms in total. The van der Waals surface area contributed by atoms with E-state index in [-0.39, 0.29) is 6.71 Å². The van der Waals surface area contributed by atoms with Gasteiger partial charge >= 0.3 is 0 Å². The van der Waals surface area contributed by atoms with Crippen LogP contribution in [0.4, 0.5) is 0 Å². The predicted molar refractivity (Wildman–Crippen MR) is 181 cm³/mol. The first-order valence-electron chi connectivity index (χ1n) is 14.6. The molecule has 1 heterocycles. The molecular formula is C40H29BO. The fraction of sp³-hybridized carbons (Fsp3) is 0.0500. The zero-order valence-corrected chi connectivity index (χ0v) is 23.8. The monoisotopic (exact) mass is 536 g/mol. The molecule has 0 aliphatic carbocycles. The fourth-order valence-corrected chi connectivity index (χ4v) is 6.86. The van der Waals surface area contributed by atoms with Gasteiger partial charge in [0.25, 0.3) is 0 Å². The molecule has 7 aromatic carbocycles. The van der Waals surface area contributed by atoms with Gasteiger partial charge in [0.05, 0.1) is 0 Å². The molecule has 0 saturated heterocycles. The second kappa shape index (κ2) is 9.78. The van der Waals surface area contributed by atoms with Crippen LogP contribution in [0.25, 0.3) is 54.6 Å². The molecule has 0 saturated carbocycles. The number of hydrogen-bond donors (Lipinski definition) is 0. The van der Waals surface area contributed by atoms with Gasteiger partial charge in [0.2, 0.25) is 6.71 Å². The Bertz CT molecular complexity index is 2210. The number of rotatable bonds is 4. The summed E-state index contributed by atoms with van der Waals surface area (Å²) in [5.74, 6) is 0. The Morgan fingerprint density at radius 1 is 0.429 bits per heavy atom. The minimum atomic E-state index is 0.0700. The van der Waals surface area contributed by atoms with Gasteiger partial charge < -0.3 is 4.42 Å². The molecule has 198 valence electrons. The Morgan fingerprint density at radius 3 is 1.69 bits per heavy atom. The second-order valence-electron chi connectivity index (χ2n) is 11.4. The molecule has 0 unspecified atom stereocenters. The summed E-state index contributed by atoms with van der Waals surface area (Å²) in [5.41, 5.74) is 10.9. The summed E-state index contributed by atoms with van der Waals surface area (Å²) in [7, 11) is 0. The standard InChI is InChI=1S/C40H29BO/c1-26-18-20-28-10-3-5-14-33(28)39(26)41(40-27(2)19-21-29-11-4-6-15-34(29)40)32-13-9-12-30(24-32)31-22-23-38-36(25-31)35-16-7-8-17-37(35)42-38/h3-25H,1-2H3.